The highest BCUT2D eigenvalue weighted by atomic mass is 127. The van der Waals surface area contributed by atoms with Crippen molar-refractivity contribution in [2.24, 2.45) is 4.99 Å². The molecule has 0 saturated carbocycles. The van der Waals surface area contributed by atoms with E-state index in [0.717, 1.165) is 29.2 Å². The summed E-state index contributed by atoms with van der Waals surface area (Å²) in [5, 5.41) is 20.2. The smallest absolute Gasteiger partial charge is 0.191 e. The van der Waals surface area contributed by atoms with Crippen molar-refractivity contribution in [1.29, 1.82) is 0 Å². The molecule has 2 heterocycles. The second-order valence-corrected chi connectivity index (χ2v) is 7.49. The summed E-state index contributed by atoms with van der Waals surface area (Å²) >= 11 is 1.66. The van der Waals surface area contributed by atoms with Crippen molar-refractivity contribution in [2.45, 2.75) is 25.9 Å². The van der Waals surface area contributed by atoms with Crippen molar-refractivity contribution in [1.82, 2.24) is 15.6 Å². The van der Waals surface area contributed by atoms with Crippen LogP contribution in [0.3, 0.4) is 0 Å². The van der Waals surface area contributed by atoms with Gasteiger partial charge in [0.05, 0.1) is 18.5 Å². The zero-order valence-corrected chi connectivity index (χ0v) is 19.7. The summed E-state index contributed by atoms with van der Waals surface area (Å²) in [6, 6.07) is 13.7. The molecule has 1 unspecified atom stereocenters. The first-order valence-corrected chi connectivity index (χ1v) is 10.2. The van der Waals surface area contributed by atoms with Gasteiger partial charge in [-0.3, -0.25) is 0 Å². The molecule has 0 aliphatic rings. The molecule has 8 heteroatoms. The molecule has 3 N–H and O–H groups in total. The second-order valence-electron chi connectivity index (χ2n) is 6.63. The minimum atomic E-state index is -1.15. The number of aromatic nitrogens is 1. The van der Waals surface area contributed by atoms with Gasteiger partial charge < -0.3 is 20.2 Å². The SMILES string of the molecule is CCNC(=NCC(C)(O)c1ccco1)NCCc1csc(-c2ccccc2)n1.I. The molecular weight excluding hydrogens is 499 g/mol. The summed E-state index contributed by atoms with van der Waals surface area (Å²) < 4.78 is 5.30. The van der Waals surface area contributed by atoms with Crippen LogP contribution in [0.5, 0.6) is 0 Å². The summed E-state index contributed by atoms with van der Waals surface area (Å²) in [5.41, 5.74) is 1.04. The van der Waals surface area contributed by atoms with Crippen LogP contribution < -0.4 is 10.6 Å². The molecule has 0 aliphatic heterocycles. The van der Waals surface area contributed by atoms with Crippen LogP contribution in [0.4, 0.5) is 0 Å². The average Bonchev–Trinajstić information content (AvgIpc) is 3.39. The molecule has 3 aromatic rings. The van der Waals surface area contributed by atoms with Gasteiger partial charge in [-0.1, -0.05) is 30.3 Å². The minimum absolute atomic E-state index is 0. The summed E-state index contributed by atoms with van der Waals surface area (Å²) in [7, 11) is 0. The van der Waals surface area contributed by atoms with Gasteiger partial charge in [-0.05, 0) is 26.0 Å². The van der Waals surface area contributed by atoms with Gasteiger partial charge in [-0.15, -0.1) is 35.3 Å². The van der Waals surface area contributed by atoms with E-state index in [4.69, 9.17) is 9.40 Å². The molecule has 2 aromatic heterocycles. The van der Waals surface area contributed by atoms with Crippen LogP contribution >= 0.6 is 35.3 Å². The Labute approximate surface area is 192 Å². The van der Waals surface area contributed by atoms with E-state index < -0.39 is 5.60 Å². The van der Waals surface area contributed by atoms with Crippen molar-refractivity contribution < 1.29 is 9.52 Å². The third-order valence-corrected chi connectivity index (χ3v) is 5.13. The lowest BCUT2D eigenvalue weighted by Gasteiger charge is -2.19. The number of hydrogen-bond acceptors (Lipinski definition) is 5. The number of aliphatic hydroxyl groups is 1. The van der Waals surface area contributed by atoms with E-state index in [0.29, 0.717) is 18.3 Å². The topological polar surface area (TPSA) is 82.7 Å². The zero-order chi connectivity index (χ0) is 19.8. The molecule has 0 amide bonds. The fourth-order valence-electron chi connectivity index (χ4n) is 2.68. The predicted octanol–water partition coefficient (Wildman–Crippen LogP) is 4.03. The molecule has 0 saturated heterocycles. The Bertz CT molecular complexity index is 879. The van der Waals surface area contributed by atoms with Crippen molar-refractivity contribution in [2.75, 3.05) is 19.6 Å². The Balaban J connectivity index is 0.00000300. The number of thiazole rings is 1. The van der Waals surface area contributed by atoms with Crippen LogP contribution in [-0.4, -0.2) is 35.7 Å². The Morgan fingerprint density at radius 2 is 2.00 bits per heavy atom. The fraction of sp³-hybridized carbons (Fsp3) is 0.333. The largest absolute Gasteiger partial charge is 0.466 e. The normalized spacial score (nSPS) is 13.4. The van der Waals surface area contributed by atoms with E-state index in [1.165, 1.54) is 0 Å². The van der Waals surface area contributed by atoms with Crippen molar-refractivity contribution in [3.8, 4) is 10.6 Å². The van der Waals surface area contributed by atoms with Gasteiger partial charge in [-0.2, -0.15) is 0 Å². The molecule has 29 heavy (non-hydrogen) atoms. The molecule has 0 aliphatic carbocycles. The maximum absolute atomic E-state index is 10.5. The lowest BCUT2D eigenvalue weighted by molar-refractivity contribution is 0.0437. The summed E-state index contributed by atoms with van der Waals surface area (Å²) in [4.78, 5) is 9.20. The minimum Gasteiger partial charge on any atom is -0.466 e. The first-order chi connectivity index (χ1) is 13.6. The van der Waals surface area contributed by atoms with E-state index >= 15 is 0 Å². The van der Waals surface area contributed by atoms with Crippen LogP contribution in [0.1, 0.15) is 25.3 Å². The second kappa shape index (κ2) is 11.3. The summed E-state index contributed by atoms with van der Waals surface area (Å²) in [6.45, 7) is 5.34. The van der Waals surface area contributed by atoms with Gasteiger partial charge in [0.25, 0.3) is 0 Å². The fourth-order valence-corrected chi connectivity index (χ4v) is 3.54. The molecule has 0 radical (unpaired) electrons. The first-order valence-electron chi connectivity index (χ1n) is 9.37. The molecule has 1 aromatic carbocycles. The van der Waals surface area contributed by atoms with Gasteiger partial charge in [0, 0.05) is 30.5 Å². The quantitative estimate of drug-likeness (QED) is 0.235. The van der Waals surface area contributed by atoms with E-state index in [9.17, 15) is 5.11 Å². The number of hydrogen-bond donors (Lipinski definition) is 3. The predicted molar refractivity (Wildman–Crippen MR) is 129 cm³/mol. The summed E-state index contributed by atoms with van der Waals surface area (Å²) in [6.07, 6.45) is 2.34. The third-order valence-electron chi connectivity index (χ3n) is 4.19. The third kappa shape index (κ3) is 6.83. The van der Waals surface area contributed by atoms with Gasteiger partial charge in [0.2, 0.25) is 0 Å². The van der Waals surface area contributed by atoms with E-state index in [1.807, 2.05) is 25.1 Å². The molecule has 1 atom stereocenters. The number of halogens is 1. The number of aliphatic imine (C=N–C) groups is 1. The molecule has 0 bridgehead atoms. The maximum Gasteiger partial charge on any atom is 0.191 e. The van der Waals surface area contributed by atoms with Crippen LogP contribution in [0.25, 0.3) is 10.6 Å². The standard InChI is InChI=1S/C21H26N4O2S.HI/c1-3-22-20(24-15-21(2,26)18-10-7-13-27-18)23-12-11-17-14-28-19(25-17)16-8-5-4-6-9-16;/h4-10,13-14,26H,3,11-12,15H2,1-2H3,(H2,22,23,24);1H. The molecular formula is C21H27IN4O2S. The molecule has 0 spiro atoms. The lowest BCUT2D eigenvalue weighted by Crippen LogP contribution is -2.39. The Hall–Kier alpha value is -1.91. The number of guanidine groups is 1. The Morgan fingerprint density at radius 3 is 2.69 bits per heavy atom. The first kappa shape index (κ1) is 23.4. The highest BCUT2D eigenvalue weighted by Crippen LogP contribution is 2.23. The van der Waals surface area contributed by atoms with E-state index in [2.05, 4.69) is 33.1 Å². The average molecular weight is 526 g/mol. The van der Waals surface area contributed by atoms with Gasteiger partial charge >= 0.3 is 0 Å². The van der Waals surface area contributed by atoms with Crippen LogP contribution in [0.2, 0.25) is 0 Å². The maximum atomic E-state index is 10.5. The Morgan fingerprint density at radius 1 is 1.21 bits per heavy atom. The van der Waals surface area contributed by atoms with Gasteiger partial charge in [0.1, 0.15) is 16.4 Å². The number of furan rings is 1. The van der Waals surface area contributed by atoms with Crippen molar-refractivity contribution in [3.05, 3.63) is 65.6 Å². The monoisotopic (exact) mass is 526 g/mol. The van der Waals surface area contributed by atoms with E-state index in [-0.39, 0.29) is 30.5 Å². The molecule has 156 valence electrons. The molecule has 6 nitrogen and oxygen atoms in total. The number of benzene rings is 1. The van der Waals surface area contributed by atoms with Crippen LogP contribution in [0.15, 0.2) is 63.5 Å². The number of nitrogens with one attached hydrogen (secondary N) is 2. The Kier molecular flexibility index (Phi) is 9.12. The summed E-state index contributed by atoms with van der Waals surface area (Å²) in [5.74, 6) is 1.16. The molecule has 3 rings (SSSR count). The number of nitrogens with zero attached hydrogens (tertiary/aromatic N) is 2. The van der Waals surface area contributed by atoms with Gasteiger partial charge in [0.15, 0.2) is 5.96 Å². The van der Waals surface area contributed by atoms with Crippen LogP contribution in [-0.2, 0) is 12.0 Å². The highest BCUT2D eigenvalue weighted by Gasteiger charge is 2.26. The van der Waals surface area contributed by atoms with Crippen LogP contribution in [0, 0.1) is 0 Å². The highest BCUT2D eigenvalue weighted by molar-refractivity contribution is 14.0. The number of rotatable bonds is 8. The van der Waals surface area contributed by atoms with Crippen molar-refractivity contribution >= 4 is 41.3 Å². The van der Waals surface area contributed by atoms with Crippen molar-refractivity contribution in [3.63, 3.8) is 0 Å². The zero-order valence-electron chi connectivity index (χ0n) is 16.6. The lowest BCUT2D eigenvalue weighted by atomic mass is 10.0. The van der Waals surface area contributed by atoms with Gasteiger partial charge in [-0.25, -0.2) is 9.98 Å². The van der Waals surface area contributed by atoms with E-state index in [1.54, 1.807) is 36.7 Å². The molecule has 0 fully saturated rings.